The summed E-state index contributed by atoms with van der Waals surface area (Å²) >= 11 is 0. The molecule has 0 radical (unpaired) electrons. The zero-order valence-corrected chi connectivity index (χ0v) is 16.0. The third kappa shape index (κ3) is 3.66. The van der Waals surface area contributed by atoms with Crippen molar-refractivity contribution >= 4 is 23.1 Å². The average Bonchev–Trinajstić information content (AvgIpc) is 2.67. The Morgan fingerprint density at radius 2 is 1.32 bits per heavy atom. The quantitative estimate of drug-likeness (QED) is 0.615. The van der Waals surface area contributed by atoms with Gasteiger partial charge in [-0.1, -0.05) is 18.2 Å². The van der Waals surface area contributed by atoms with E-state index in [4.69, 9.17) is 0 Å². The first-order valence-electron chi connectivity index (χ1n) is 10.3. The first-order chi connectivity index (χ1) is 13.7. The van der Waals surface area contributed by atoms with Crippen molar-refractivity contribution in [2.75, 3.05) is 5.32 Å². The number of carbonyl (C=O) groups is 1. The number of amides is 2. The molecule has 4 bridgehead atoms. The Bertz CT molecular complexity index is 840. The van der Waals surface area contributed by atoms with Gasteiger partial charge in [0, 0.05) is 11.2 Å². The van der Waals surface area contributed by atoms with E-state index >= 15 is 0 Å². The van der Waals surface area contributed by atoms with E-state index in [0.29, 0.717) is 0 Å². The van der Waals surface area contributed by atoms with Crippen LogP contribution in [0.15, 0.2) is 64.8 Å². The fourth-order valence-corrected chi connectivity index (χ4v) is 5.89. The van der Waals surface area contributed by atoms with Gasteiger partial charge in [0.2, 0.25) is 0 Å². The molecule has 4 aliphatic rings. The summed E-state index contributed by atoms with van der Waals surface area (Å²) < 4.78 is 0. The standard InChI is InChI=1S/C23H26N4O/c28-22(25-23-13-16-10-17(14-23)12-18(11-16)15-23)24-19-6-8-21(9-7-19)27-26-20-4-2-1-3-5-20/h1-9,16-18H,10-15H2,(H2,24,25,28). The zero-order valence-electron chi connectivity index (χ0n) is 16.0. The predicted octanol–water partition coefficient (Wildman–Crippen LogP) is 6.19. The lowest BCUT2D eigenvalue weighted by Gasteiger charge is -2.56. The number of carbonyl (C=O) groups excluding carboxylic acids is 1. The Balaban J connectivity index is 1.19. The number of urea groups is 1. The highest BCUT2D eigenvalue weighted by Gasteiger charge is 2.51. The molecule has 0 aromatic heterocycles. The molecular formula is C23H26N4O. The molecule has 6 rings (SSSR count). The van der Waals surface area contributed by atoms with Crippen molar-refractivity contribution in [2.45, 2.75) is 44.1 Å². The van der Waals surface area contributed by atoms with E-state index < -0.39 is 0 Å². The Morgan fingerprint density at radius 3 is 1.89 bits per heavy atom. The fraction of sp³-hybridized carbons (Fsp3) is 0.435. The first kappa shape index (κ1) is 17.4. The van der Waals surface area contributed by atoms with Crippen LogP contribution in [0.3, 0.4) is 0 Å². The molecule has 0 unspecified atom stereocenters. The molecule has 0 spiro atoms. The van der Waals surface area contributed by atoms with Crippen LogP contribution in [0.2, 0.25) is 0 Å². The minimum absolute atomic E-state index is 0.0304. The van der Waals surface area contributed by atoms with Gasteiger partial charge in [0.1, 0.15) is 0 Å². The number of nitrogens with one attached hydrogen (secondary N) is 2. The highest BCUT2D eigenvalue weighted by molar-refractivity contribution is 5.90. The van der Waals surface area contributed by atoms with Crippen molar-refractivity contribution in [1.29, 1.82) is 0 Å². The van der Waals surface area contributed by atoms with Gasteiger partial charge in [0.25, 0.3) is 0 Å². The Kier molecular flexibility index (Phi) is 4.38. The van der Waals surface area contributed by atoms with E-state index in [1.54, 1.807) is 0 Å². The summed E-state index contributed by atoms with van der Waals surface area (Å²) in [6.45, 7) is 0. The largest absolute Gasteiger partial charge is 0.332 e. The number of rotatable bonds is 4. The Hall–Kier alpha value is -2.69. The maximum Gasteiger partial charge on any atom is 0.319 e. The van der Waals surface area contributed by atoms with Crippen molar-refractivity contribution in [3.63, 3.8) is 0 Å². The van der Waals surface area contributed by atoms with E-state index in [-0.39, 0.29) is 11.6 Å². The molecule has 4 fully saturated rings. The maximum atomic E-state index is 12.6. The van der Waals surface area contributed by atoms with Crippen LogP contribution in [0.5, 0.6) is 0 Å². The highest BCUT2D eigenvalue weighted by Crippen LogP contribution is 2.55. The fourth-order valence-electron chi connectivity index (χ4n) is 5.89. The van der Waals surface area contributed by atoms with Gasteiger partial charge in [-0.05, 0) is 92.7 Å². The number of benzene rings is 2. The van der Waals surface area contributed by atoms with E-state index in [1.165, 1.54) is 19.3 Å². The maximum absolute atomic E-state index is 12.6. The lowest BCUT2D eigenvalue weighted by atomic mass is 9.53. The molecular weight excluding hydrogens is 348 g/mol. The van der Waals surface area contributed by atoms with Gasteiger partial charge in [0.15, 0.2) is 0 Å². The number of hydrogen-bond acceptors (Lipinski definition) is 3. The molecule has 0 aliphatic heterocycles. The molecule has 4 saturated carbocycles. The van der Waals surface area contributed by atoms with Crippen molar-refractivity contribution < 1.29 is 4.79 Å². The van der Waals surface area contributed by atoms with Crippen molar-refractivity contribution in [2.24, 2.45) is 28.0 Å². The summed E-state index contributed by atoms with van der Waals surface area (Å²) in [6.07, 6.45) is 7.60. The Morgan fingerprint density at radius 1 is 0.786 bits per heavy atom. The van der Waals surface area contributed by atoms with Crippen LogP contribution in [0.4, 0.5) is 21.9 Å². The van der Waals surface area contributed by atoms with Gasteiger partial charge in [-0.15, -0.1) is 0 Å². The minimum atomic E-state index is -0.0828. The summed E-state index contributed by atoms with van der Waals surface area (Å²) in [4.78, 5) is 12.6. The third-order valence-electron chi connectivity index (χ3n) is 6.58. The molecule has 2 aromatic rings. The lowest BCUT2D eigenvalue weighted by Crippen LogP contribution is -2.60. The number of nitrogens with zero attached hydrogens (tertiary/aromatic N) is 2. The molecule has 2 N–H and O–H groups in total. The van der Waals surface area contributed by atoms with E-state index in [2.05, 4.69) is 20.9 Å². The summed E-state index contributed by atoms with van der Waals surface area (Å²) in [5.74, 6) is 2.46. The smallest absolute Gasteiger partial charge is 0.319 e. The number of hydrogen-bond donors (Lipinski definition) is 2. The first-order valence-corrected chi connectivity index (χ1v) is 10.3. The summed E-state index contributed by atoms with van der Waals surface area (Å²) in [5.41, 5.74) is 2.39. The SMILES string of the molecule is O=C(Nc1ccc(N=Nc2ccccc2)cc1)NC12CC3CC(CC(C3)C1)C2. The number of anilines is 1. The number of azo groups is 1. The molecule has 28 heavy (non-hydrogen) atoms. The predicted molar refractivity (Wildman–Crippen MR) is 110 cm³/mol. The topological polar surface area (TPSA) is 65.8 Å². The van der Waals surface area contributed by atoms with Crippen LogP contribution >= 0.6 is 0 Å². The lowest BCUT2D eigenvalue weighted by molar-refractivity contribution is -0.0127. The van der Waals surface area contributed by atoms with E-state index in [1.807, 2.05) is 54.6 Å². The van der Waals surface area contributed by atoms with Gasteiger partial charge < -0.3 is 10.6 Å². The van der Waals surface area contributed by atoms with Crippen molar-refractivity contribution in [1.82, 2.24) is 5.32 Å². The van der Waals surface area contributed by atoms with Crippen LogP contribution in [0.25, 0.3) is 0 Å². The second-order valence-corrected chi connectivity index (χ2v) is 8.86. The van der Waals surface area contributed by atoms with Gasteiger partial charge in [-0.25, -0.2) is 4.79 Å². The van der Waals surface area contributed by atoms with Crippen LogP contribution < -0.4 is 10.6 Å². The van der Waals surface area contributed by atoms with Gasteiger partial charge >= 0.3 is 6.03 Å². The molecule has 4 aliphatic carbocycles. The summed E-state index contributed by atoms with van der Waals surface area (Å²) in [5, 5.41) is 14.8. The van der Waals surface area contributed by atoms with Crippen LogP contribution in [0, 0.1) is 17.8 Å². The average molecular weight is 374 g/mol. The molecule has 2 amide bonds. The van der Waals surface area contributed by atoms with Crippen molar-refractivity contribution in [3.8, 4) is 0 Å². The molecule has 144 valence electrons. The van der Waals surface area contributed by atoms with Gasteiger partial charge in [0.05, 0.1) is 11.4 Å². The van der Waals surface area contributed by atoms with E-state index in [0.717, 1.165) is 54.1 Å². The zero-order chi connectivity index (χ0) is 19.0. The monoisotopic (exact) mass is 374 g/mol. The minimum Gasteiger partial charge on any atom is -0.332 e. The molecule has 0 heterocycles. The molecule has 5 nitrogen and oxygen atoms in total. The summed E-state index contributed by atoms with van der Waals surface area (Å²) in [7, 11) is 0. The molecule has 0 atom stereocenters. The Labute approximate surface area is 165 Å². The van der Waals surface area contributed by atoms with Crippen LogP contribution in [-0.2, 0) is 0 Å². The van der Waals surface area contributed by atoms with Gasteiger partial charge in [-0.2, -0.15) is 10.2 Å². The van der Waals surface area contributed by atoms with Gasteiger partial charge in [-0.3, -0.25) is 0 Å². The van der Waals surface area contributed by atoms with E-state index in [9.17, 15) is 4.79 Å². The van der Waals surface area contributed by atoms with Crippen LogP contribution in [-0.4, -0.2) is 11.6 Å². The van der Waals surface area contributed by atoms with Crippen molar-refractivity contribution in [3.05, 3.63) is 54.6 Å². The molecule has 2 aromatic carbocycles. The molecule has 0 saturated heterocycles. The normalized spacial score (nSPS) is 30.5. The highest BCUT2D eigenvalue weighted by atomic mass is 16.2. The second-order valence-electron chi connectivity index (χ2n) is 8.86. The third-order valence-corrected chi connectivity index (χ3v) is 6.58. The second kappa shape index (κ2) is 7.04. The van der Waals surface area contributed by atoms with Crippen LogP contribution in [0.1, 0.15) is 38.5 Å². The summed E-state index contributed by atoms with van der Waals surface area (Å²) in [6, 6.07) is 17.0. The molecule has 5 heteroatoms.